The van der Waals surface area contributed by atoms with Gasteiger partial charge in [-0.1, -0.05) is 12.1 Å². The van der Waals surface area contributed by atoms with Crippen molar-refractivity contribution in [3.8, 4) is 0 Å². The second-order valence-corrected chi connectivity index (χ2v) is 3.97. The molecule has 0 bridgehead atoms. The zero-order chi connectivity index (χ0) is 11.2. The molecule has 1 heterocycles. The lowest BCUT2D eigenvalue weighted by atomic mass is 10.1. The van der Waals surface area contributed by atoms with E-state index >= 15 is 0 Å². The van der Waals surface area contributed by atoms with Crippen molar-refractivity contribution in [2.75, 3.05) is 6.54 Å². The summed E-state index contributed by atoms with van der Waals surface area (Å²) in [5.74, 6) is -0.184. The summed E-state index contributed by atoms with van der Waals surface area (Å²) in [7, 11) is 0. The molecule has 1 atom stereocenters. The van der Waals surface area contributed by atoms with Crippen LogP contribution in [0.15, 0.2) is 36.6 Å². The number of ether oxygens (including phenoxy) is 1. The van der Waals surface area contributed by atoms with Gasteiger partial charge in [-0.15, -0.1) is 0 Å². The summed E-state index contributed by atoms with van der Waals surface area (Å²) in [5, 5.41) is 3.27. The molecule has 2 nitrogen and oxygen atoms in total. The molecular formula is C13H16FNO. The molecule has 0 saturated carbocycles. The van der Waals surface area contributed by atoms with Crippen LogP contribution in [0.1, 0.15) is 18.4 Å². The summed E-state index contributed by atoms with van der Waals surface area (Å²) < 4.78 is 18.3. The molecule has 0 amide bonds. The molecule has 1 aromatic carbocycles. The Kier molecular flexibility index (Phi) is 3.94. The molecule has 0 spiro atoms. The lowest BCUT2D eigenvalue weighted by Gasteiger charge is -2.19. The zero-order valence-electron chi connectivity index (χ0n) is 9.16. The van der Waals surface area contributed by atoms with E-state index in [1.807, 2.05) is 12.1 Å². The molecule has 0 radical (unpaired) electrons. The molecular weight excluding hydrogens is 205 g/mol. The van der Waals surface area contributed by atoms with Gasteiger partial charge in [-0.3, -0.25) is 0 Å². The number of hydrogen-bond acceptors (Lipinski definition) is 2. The van der Waals surface area contributed by atoms with Gasteiger partial charge in [0.2, 0.25) is 0 Å². The fourth-order valence-electron chi connectivity index (χ4n) is 1.76. The van der Waals surface area contributed by atoms with Crippen molar-refractivity contribution in [2.24, 2.45) is 0 Å². The average molecular weight is 221 g/mol. The van der Waals surface area contributed by atoms with Crippen LogP contribution in [0.5, 0.6) is 0 Å². The van der Waals surface area contributed by atoms with Crippen LogP contribution in [0, 0.1) is 5.82 Å². The topological polar surface area (TPSA) is 21.3 Å². The average Bonchev–Trinajstić information content (AvgIpc) is 2.30. The molecule has 0 fully saturated rings. The van der Waals surface area contributed by atoms with Crippen molar-refractivity contribution in [1.29, 1.82) is 0 Å². The minimum atomic E-state index is -0.184. The number of halogens is 1. The SMILES string of the molecule is Fc1cccc(CNCC2CCC=CO2)c1. The molecule has 1 N–H and O–H groups in total. The Morgan fingerprint density at radius 3 is 3.12 bits per heavy atom. The van der Waals surface area contributed by atoms with Crippen LogP contribution in [-0.4, -0.2) is 12.6 Å². The lowest BCUT2D eigenvalue weighted by Crippen LogP contribution is -2.28. The Bertz CT molecular complexity index is 365. The first-order valence-electron chi connectivity index (χ1n) is 5.60. The van der Waals surface area contributed by atoms with Gasteiger partial charge in [-0.05, 0) is 36.6 Å². The van der Waals surface area contributed by atoms with Crippen LogP contribution in [-0.2, 0) is 11.3 Å². The number of benzene rings is 1. The highest BCUT2D eigenvalue weighted by Gasteiger charge is 2.09. The summed E-state index contributed by atoms with van der Waals surface area (Å²) in [4.78, 5) is 0. The van der Waals surface area contributed by atoms with E-state index in [1.165, 1.54) is 6.07 Å². The highest BCUT2D eigenvalue weighted by molar-refractivity contribution is 5.15. The van der Waals surface area contributed by atoms with E-state index in [-0.39, 0.29) is 11.9 Å². The highest BCUT2D eigenvalue weighted by atomic mass is 19.1. The van der Waals surface area contributed by atoms with Crippen LogP contribution in [0.25, 0.3) is 0 Å². The predicted molar refractivity (Wildman–Crippen MR) is 61.4 cm³/mol. The van der Waals surface area contributed by atoms with E-state index in [2.05, 4.69) is 5.32 Å². The number of hydrogen-bond donors (Lipinski definition) is 1. The fraction of sp³-hybridized carbons (Fsp3) is 0.385. The standard InChI is InChI=1S/C13H16FNO/c14-12-5-3-4-11(8-12)9-15-10-13-6-1-2-7-16-13/h2-5,7-8,13,15H,1,6,9-10H2. The maximum absolute atomic E-state index is 12.9. The van der Waals surface area contributed by atoms with Crippen molar-refractivity contribution in [1.82, 2.24) is 5.32 Å². The molecule has 3 heteroatoms. The fourth-order valence-corrected chi connectivity index (χ4v) is 1.76. The monoisotopic (exact) mass is 221 g/mol. The maximum Gasteiger partial charge on any atom is 0.123 e. The highest BCUT2D eigenvalue weighted by Crippen LogP contribution is 2.09. The molecule has 2 rings (SSSR count). The smallest absolute Gasteiger partial charge is 0.123 e. The molecule has 1 aliphatic heterocycles. The number of rotatable bonds is 4. The Hall–Kier alpha value is -1.35. The largest absolute Gasteiger partial charge is 0.497 e. The number of allylic oxidation sites excluding steroid dienone is 1. The van der Waals surface area contributed by atoms with Crippen LogP contribution in [0.4, 0.5) is 4.39 Å². The quantitative estimate of drug-likeness (QED) is 0.843. The maximum atomic E-state index is 12.9. The van der Waals surface area contributed by atoms with Gasteiger partial charge in [0.25, 0.3) is 0 Å². The van der Waals surface area contributed by atoms with Crippen LogP contribution >= 0.6 is 0 Å². The summed E-state index contributed by atoms with van der Waals surface area (Å²) >= 11 is 0. The van der Waals surface area contributed by atoms with Crippen molar-refractivity contribution in [3.63, 3.8) is 0 Å². The Morgan fingerprint density at radius 1 is 1.44 bits per heavy atom. The summed E-state index contributed by atoms with van der Waals surface area (Å²) in [6.45, 7) is 1.49. The molecule has 1 aromatic rings. The third-order valence-corrected chi connectivity index (χ3v) is 2.61. The van der Waals surface area contributed by atoms with E-state index in [4.69, 9.17) is 4.74 Å². The summed E-state index contributed by atoms with van der Waals surface area (Å²) in [6, 6.07) is 6.65. The van der Waals surface area contributed by atoms with Crippen molar-refractivity contribution in [2.45, 2.75) is 25.5 Å². The molecule has 1 unspecified atom stereocenters. The van der Waals surface area contributed by atoms with Gasteiger partial charge in [0.15, 0.2) is 0 Å². The summed E-state index contributed by atoms with van der Waals surface area (Å²) in [6.07, 6.45) is 6.17. The van der Waals surface area contributed by atoms with Crippen LogP contribution < -0.4 is 5.32 Å². The first-order valence-corrected chi connectivity index (χ1v) is 5.60. The Morgan fingerprint density at radius 2 is 2.38 bits per heavy atom. The Balaban J connectivity index is 1.73. The van der Waals surface area contributed by atoms with Crippen molar-refractivity contribution >= 4 is 0 Å². The van der Waals surface area contributed by atoms with E-state index in [0.717, 1.165) is 24.9 Å². The molecule has 0 aliphatic carbocycles. The van der Waals surface area contributed by atoms with E-state index in [9.17, 15) is 4.39 Å². The second kappa shape index (κ2) is 5.66. The third kappa shape index (κ3) is 3.35. The van der Waals surface area contributed by atoms with Gasteiger partial charge < -0.3 is 10.1 Å². The van der Waals surface area contributed by atoms with E-state index in [1.54, 1.807) is 18.4 Å². The Labute approximate surface area is 95.1 Å². The van der Waals surface area contributed by atoms with Gasteiger partial charge in [0.1, 0.15) is 11.9 Å². The van der Waals surface area contributed by atoms with Crippen LogP contribution in [0.2, 0.25) is 0 Å². The summed E-state index contributed by atoms with van der Waals surface area (Å²) in [5.41, 5.74) is 0.964. The van der Waals surface area contributed by atoms with Gasteiger partial charge >= 0.3 is 0 Å². The minimum absolute atomic E-state index is 0.184. The molecule has 0 aromatic heterocycles. The molecule has 16 heavy (non-hydrogen) atoms. The molecule has 0 saturated heterocycles. The number of nitrogens with one attached hydrogen (secondary N) is 1. The molecule has 1 aliphatic rings. The molecule has 86 valence electrons. The predicted octanol–water partition coefficient (Wildman–Crippen LogP) is 2.61. The second-order valence-electron chi connectivity index (χ2n) is 3.97. The van der Waals surface area contributed by atoms with Gasteiger partial charge in [-0.25, -0.2) is 4.39 Å². The van der Waals surface area contributed by atoms with Crippen molar-refractivity contribution in [3.05, 3.63) is 48.0 Å². The van der Waals surface area contributed by atoms with Crippen molar-refractivity contribution < 1.29 is 9.13 Å². The normalized spacial score (nSPS) is 19.4. The van der Waals surface area contributed by atoms with Gasteiger partial charge in [-0.2, -0.15) is 0 Å². The van der Waals surface area contributed by atoms with Gasteiger partial charge in [0.05, 0.1) is 6.26 Å². The van der Waals surface area contributed by atoms with E-state index < -0.39 is 0 Å². The zero-order valence-corrected chi connectivity index (χ0v) is 9.16. The van der Waals surface area contributed by atoms with Gasteiger partial charge in [0, 0.05) is 13.1 Å². The van der Waals surface area contributed by atoms with Crippen LogP contribution in [0.3, 0.4) is 0 Å². The third-order valence-electron chi connectivity index (χ3n) is 2.61. The first-order chi connectivity index (χ1) is 7.84. The first kappa shape index (κ1) is 11.1. The van der Waals surface area contributed by atoms with E-state index in [0.29, 0.717) is 6.54 Å². The minimum Gasteiger partial charge on any atom is -0.497 e. The lowest BCUT2D eigenvalue weighted by molar-refractivity contribution is 0.122.